The van der Waals surface area contributed by atoms with Crippen LogP contribution in [0, 0.1) is 6.92 Å². The molecular weight excluding hydrogens is 348 g/mol. The van der Waals surface area contributed by atoms with Gasteiger partial charge in [-0.05, 0) is 31.2 Å². The van der Waals surface area contributed by atoms with E-state index in [-0.39, 0.29) is 16.9 Å². The highest BCUT2D eigenvalue weighted by molar-refractivity contribution is 5.95. The topological polar surface area (TPSA) is 95.2 Å². The van der Waals surface area contributed by atoms with Crippen LogP contribution < -0.4 is 10.9 Å². The Morgan fingerprint density at radius 2 is 1.81 bits per heavy atom. The molecule has 3 rings (SSSR count). The molecule has 1 amide bonds. The molecule has 2 aromatic heterocycles. The van der Waals surface area contributed by atoms with Gasteiger partial charge in [-0.25, -0.2) is 14.5 Å². The van der Waals surface area contributed by atoms with Crippen LogP contribution in [-0.4, -0.2) is 32.8 Å². The largest absolute Gasteiger partial charge is 0.451 e. The highest BCUT2D eigenvalue weighted by Gasteiger charge is 2.19. The Morgan fingerprint density at radius 3 is 2.48 bits per heavy atom. The van der Waals surface area contributed by atoms with Crippen LogP contribution in [-0.2, 0) is 16.6 Å². The van der Waals surface area contributed by atoms with Crippen LogP contribution in [0.25, 0.3) is 5.69 Å². The van der Waals surface area contributed by atoms with Crippen molar-refractivity contribution in [1.82, 2.24) is 14.3 Å². The third-order valence-electron chi connectivity index (χ3n) is 4.03. The third-order valence-corrected chi connectivity index (χ3v) is 4.03. The number of anilines is 1. The lowest BCUT2D eigenvalue weighted by molar-refractivity contribution is -0.119. The highest BCUT2D eigenvalue weighted by Crippen LogP contribution is 2.13. The maximum absolute atomic E-state index is 12.7. The quantitative estimate of drug-likeness (QED) is 0.693. The normalized spacial score (nSPS) is 10.4. The number of nitrogens with zero attached hydrogens (tertiary/aromatic N) is 3. The fourth-order valence-electron chi connectivity index (χ4n) is 2.58. The van der Waals surface area contributed by atoms with Crippen molar-refractivity contribution < 1.29 is 14.3 Å². The first-order valence-corrected chi connectivity index (χ1v) is 8.21. The van der Waals surface area contributed by atoms with Crippen molar-refractivity contribution in [3.63, 3.8) is 0 Å². The lowest BCUT2D eigenvalue weighted by atomic mass is 10.3. The van der Waals surface area contributed by atoms with Gasteiger partial charge in [0.05, 0.1) is 11.4 Å². The van der Waals surface area contributed by atoms with Gasteiger partial charge in [-0.1, -0.05) is 24.3 Å². The van der Waals surface area contributed by atoms with Gasteiger partial charge < -0.3 is 10.1 Å². The van der Waals surface area contributed by atoms with Crippen LogP contribution in [0.4, 0.5) is 5.69 Å². The summed E-state index contributed by atoms with van der Waals surface area (Å²) in [5, 5.41) is 2.53. The standard InChI is InChI=1S/C19H18N4O4/c1-13-17(18(25)23(22(13)2)14-8-4-3-5-9-14)21-16(24)12-27-19(26)15-10-6-7-11-20-15/h3-11H,12H2,1-2H3,(H,21,24). The minimum Gasteiger partial charge on any atom is -0.451 e. The average molecular weight is 366 g/mol. The Morgan fingerprint density at radius 1 is 1.11 bits per heavy atom. The molecule has 0 spiro atoms. The Hall–Kier alpha value is -3.68. The average Bonchev–Trinajstić information content (AvgIpc) is 2.90. The van der Waals surface area contributed by atoms with Gasteiger partial charge in [0.2, 0.25) is 0 Å². The van der Waals surface area contributed by atoms with Gasteiger partial charge in [0, 0.05) is 13.2 Å². The van der Waals surface area contributed by atoms with Crippen molar-refractivity contribution in [1.29, 1.82) is 0 Å². The monoisotopic (exact) mass is 366 g/mol. The van der Waals surface area contributed by atoms with Gasteiger partial charge in [-0.15, -0.1) is 0 Å². The van der Waals surface area contributed by atoms with Gasteiger partial charge in [0.15, 0.2) is 6.61 Å². The second kappa shape index (κ2) is 7.69. The molecule has 138 valence electrons. The number of rotatable bonds is 5. The van der Waals surface area contributed by atoms with Crippen LogP contribution in [0.2, 0.25) is 0 Å². The second-order valence-corrected chi connectivity index (χ2v) is 5.78. The van der Waals surface area contributed by atoms with Gasteiger partial charge in [-0.2, -0.15) is 0 Å². The van der Waals surface area contributed by atoms with E-state index in [0.29, 0.717) is 11.4 Å². The number of para-hydroxylation sites is 1. The summed E-state index contributed by atoms with van der Waals surface area (Å²) in [5.41, 5.74) is 1.13. The van der Waals surface area contributed by atoms with E-state index in [4.69, 9.17) is 4.74 Å². The van der Waals surface area contributed by atoms with E-state index < -0.39 is 18.5 Å². The molecule has 0 saturated carbocycles. The molecular formula is C19H18N4O4. The van der Waals surface area contributed by atoms with Crippen LogP contribution in [0.5, 0.6) is 0 Å². The van der Waals surface area contributed by atoms with Gasteiger partial charge in [0.25, 0.3) is 11.5 Å². The summed E-state index contributed by atoms with van der Waals surface area (Å²) in [4.78, 5) is 40.6. The summed E-state index contributed by atoms with van der Waals surface area (Å²) >= 11 is 0. The number of carbonyl (C=O) groups excluding carboxylic acids is 2. The molecule has 0 aliphatic carbocycles. The highest BCUT2D eigenvalue weighted by atomic mass is 16.5. The van der Waals surface area contributed by atoms with Crippen molar-refractivity contribution in [2.24, 2.45) is 7.05 Å². The number of ether oxygens (including phenoxy) is 1. The Bertz CT molecular complexity index is 1020. The molecule has 0 aliphatic rings. The summed E-state index contributed by atoms with van der Waals surface area (Å²) in [6, 6.07) is 13.9. The molecule has 27 heavy (non-hydrogen) atoms. The number of esters is 1. The molecule has 8 nitrogen and oxygen atoms in total. The number of hydrogen-bond donors (Lipinski definition) is 1. The molecule has 0 aliphatic heterocycles. The smallest absolute Gasteiger partial charge is 0.357 e. The Kier molecular flexibility index (Phi) is 5.16. The molecule has 0 radical (unpaired) electrons. The second-order valence-electron chi connectivity index (χ2n) is 5.78. The lowest BCUT2D eigenvalue weighted by Gasteiger charge is -2.07. The minimum atomic E-state index is -0.711. The predicted octanol–water partition coefficient (Wildman–Crippen LogP) is 1.67. The maximum Gasteiger partial charge on any atom is 0.357 e. The Labute approximate surface area is 155 Å². The Balaban J connectivity index is 1.73. The van der Waals surface area contributed by atoms with Gasteiger partial charge in [-0.3, -0.25) is 14.3 Å². The predicted molar refractivity (Wildman–Crippen MR) is 98.9 cm³/mol. The van der Waals surface area contributed by atoms with Crippen LogP contribution in [0.15, 0.2) is 59.5 Å². The number of benzene rings is 1. The number of nitrogens with one attached hydrogen (secondary N) is 1. The summed E-state index contributed by atoms with van der Waals surface area (Å²) < 4.78 is 8.03. The zero-order valence-electron chi connectivity index (χ0n) is 14.9. The van der Waals surface area contributed by atoms with Gasteiger partial charge in [0.1, 0.15) is 11.4 Å². The van der Waals surface area contributed by atoms with E-state index in [0.717, 1.165) is 0 Å². The molecule has 1 N–H and O–H groups in total. The summed E-state index contributed by atoms with van der Waals surface area (Å²) in [7, 11) is 1.72. The molecule has 0 atom stereocenters. The van der Waals surface area contributed by atoms with Gasteiger partial charge >= 0.3 is 5.97 Å². The fourth-order valence-corrected chi connectivity index (χ4v) is 2.58. The number of hydrogen-bond acceptors (Lipinski definition) is 5. The van der Waals surface area contributed by atoms with E-state index in [1.165, 1.54) is 16.9 Å². The zero-order chi connectivity index (χ0) is 19.4. The molecule has 0 unspecified atom stereocenters. The molecule has 2 heterocycles. The summed E-state index contributed by atoms with van der Waals surface area (Å²) in [5.74, 6) is -1.32. The van der Waals surface area contributed by atoms with Crippen molar-refractivity contribution >= 4 is 17.6 Å². The molecule has 0 bridgehead atoms. The number of aromatic nitrogens is 3. The molecule has 3 aromatic rings. The number of carbonyl (C=O) groups is 2. The van der Waals surface area contributed by atoms with Crippen LogP contribution in [0.3, 0.4) is 0 Å². The lowest BCUT2D eigenvalue weighted by Crippen LogP contribution is -2.26. The van der Waals surface area contributed by atoms with E-state index >= 15 is 0 Å². The van der Waals surface area contributed by atoms with E-state index in [1.807, 2.05) is 18.2 Å². The van der Waals surface area contributed by atoms with Crippen molar-refractivity contribution in [2.75, 3.05) is 11.9 Å². The summed E-state index contributed by atoms with van der Waals surface area (Å²) in [6.07, 6.45) is 1.45. The third kappa shape index (κ3) is 3.79. The van der Waals surface area contributed by atoms with E-state index in [2.05, 4.69) is 10.3 Å². The number of pyridine rings is 1. The molecule has 0 saturated heterocycles. The minimum absolute atomic E-state index is 0.104. The maximum atomic E-state index is 12.7. The first-order chi connectivity index (χ1) is 13.0. The fraction of sp³-hybridized carbons (Fsp3) is 0.158. The zero-order valence-corrected chi connectivity index (χ0v) is 14.9. The first-order valence-electron chi connectivity index (χ1n) is 8.21. The first kappa shape index (κ1) is 18.1. The molecule has 0 fully saturated rings. The number of amides is 1. The summed E-state index contributed by atoms with van der Waals surface area (Å²) in [6.45, 7) is 1.20. The SMILES string of the molecule is Cc1c(NC(=O)COC(=O)c2ccccn2)c(=O)n(-c2ccccc2)n1C. The van der Waals surface area contributed by atoms with Crippen molar-refractivity contribution in [2.45, 2.75) is 6.92 Å². The van der Waals surface area contributed by atoms with Crippen LogP contribution >= 0.6 is 0 Å². The van der Waals surface area contributed by atoms with Crippen molar-refractivity contribution in [3.8, 4) is 5.69 Å². The van der Waals surface area contributed by atoms with E-state index in [9.17, 15) is 14.4 Å². The van der Waals surface area contributed by atoms with E-state index in [1.54, 1.807) is 42.9 Å². The van der Waals surface area contributed by atoms with Crippen molar-refractivity contribution in [3.05, 3.63) is 76.5 Å². The molecule has 1 aromatic carbocycles. The molecule has 8 heteroatoms. The van der Waals surface area contributed by atoms with Crippen LogP contribution in [0.1, 0.15) is 16.2 Å².